The molecule has 0 atom stereocenters. The van der Waals surface area contributed by atoms with Gasteiger partial charge in [0.2, 0.25) is 0 Å². The van der Waals surface area contributed by atoms with Gasteiger partial charge in [-0.15, -0.1) is 0 Å². The summed E-state index contributed by atoms with van der Waals surface area (Å²) in [6.45, 7) is 0. The Hall–Kier alpha value is -2.03. The zero-order valence-electron chi connectivity index (χ0n) is 8.99. The summed E-state index contributed by atoms with van der Waals surface area (Å²) in [4.78, 5) is 11.8. The first-order valence-corrected chi connectivity index (χ1v) is 5.19. The molecule has 3 heteroatoms. The van der Waals surface area contributed by atoms with E-state index in [-0.39, 0.29) is 6.42 Å². The highest BCUT2D eigenvalue weighted by molar-refractivity contribution is 5.98. The van der Waals surface area contributed by atoms with Gasteiger partial charge in [0.15, 0.2) is 5.78 Å². The summed E-state index contributed by atoms with van der Waals surface area (Å²) in [6.07, 6.45) is -0.00130. The third kappa shape index (κ3) is 2.56. The fourth-order valence-electron chi connectivity index (χ4n) is 1.63. The summed E-state index contributed by atoms with van der Waals surface area (Å²) in [5.41, 5.74) is 0.275. The molecule has 0 aliphatic heterocycles. The van der Waals surface area contributed by atoms with E-state index in [9.17, 15) is 13.6 Å². The lowest BCUT2D eigenvalue weighted by Crippen LogP contribution is -2.08. The van der Waals surface area contributed by atoms with Crippen LogP contribution in [-0.2, 0) is 6.42 Å². The van der Waals surface area contributed by atoms with Crippen molar-refractivity contribution >= 4 is 5.78 Å². The monoisotopic (exact) mass is 232 g/mol. The van der Waals surface area contributed by atoms with Crippen LogP contribution in [0.25, 0.3) is 0 Å². The zero-order chi connectivity index (χ0) is 12.3. The summed E-state index contributed by atoms with van der Waals surface area (Å²) in [6, 6.07) is 12.3. The van der Waals surface area contributed by atoms with Gasteiger partial charge in [-0.25, -0.2) is 8.78 Å². The van der Waals surface area contributed by atoms with Crippen LogP contribution in [0.1, 0.15) is 15.9 Å². The molecule has 0 radical (unpaired) electrons. The first-order valence-electron chi connectivity index (χ1n) is 5.19. The molecule has 0 spiro atoms. The van der Waals surface area contributed by atoms with Gasteiger partial charge in [-0.1, -0.05) is 36.4 Å². The maximum absolute atomic E-state index is 13.3. The van der Waals surface area contributed by atoms with Crippen LogP contribution in [0.4, 0.5) is 8.78 Å². The van der Waals surface area contributed by atoms with Gasteiger partial charge in [-0.05, 0) is 17.7 Å². The van der Waals surface area contributed by atoms with Crippen molar-refractivity contribution in [1.29, 1.82) is 0 Å². The lowest BCUT2D eigenvalue weighted by molar-refractivity contribution is 0.0985. The van der Waals surface area contributed by atoms with Gasteiger partial charge in [-0.3, -0.25) is 4.79 Å². The van der Waals surface area contributed by atoms with Crippen molar-refractivity contribution in [2.75, 3.05) is 0 Å². The Balaban J connectivity index is 2.27. The molecule has 0 bridgehead atoms. The maximum Gasteiger partial charge on any atom is 0.173 e. The normalized spacial score (nSPS) is 10.2. The van der Waals surface area contributed by atoms with E-state index >= 15 is 0 Å². The molecule has 0 saturated heterocycles. The molecule has 17 heavy (non-hydrogen) atoms. The highest BCUT2D eigenvalue weighted by atomic mass is 19.1. The van der Waals surface area contributed by atoms with Crippen LogP contribution in [0.5, 0.6) is 0 Å². The third-order valence-corrected chi connectivity index (χ3v) is 2.45. The maximum atomic E-state index is 13.3. The fourth-order valence-corrected chi connectivity index (χ4v) is 1.63. The van der Waals surface area contributed by atoms with Crippen LogP contribution in [0, 0.1) is 11.6 Å². The van der Waals surface area contributed by atoms with Gasteiger partial charge in [0.05, 0.1) is 5.56 Å². The van der Waals surface area contributed by atoms with E-state index in [1.165, 1.54) is 6.07 Å². The Bertz CT molecular complexity index is 515. The van der Waals surface area contributed by atoms with Crippen LogP contribution in [0.15, 0.2) is 48.5 Å². The molecular formula is C14H10F2O. The van der Waals surface area contributed by atoms with E-state index in [0.29, 0.717) is 0 Å². The number of Topliss-reactive ketones (excluding diaryl/α,β-unsaturated/α-hetero) is 1. The second kappa shape index (κ2) is 4.87. The summed E-state index contributed by atoms with van der Waals surface area (Å²) >= 11 is 0. The van der Waals surface area contributed by atoms with E-state index in [1.54, 1.807) is 24.3 Å². The molecular weight excluding hydrogens is 222 g/mol. The Morgan fingerprint density at radius 1 is 0.882 bits per heavy atom. The first kappa shape index (κ1) is 11.5. The molecule has 0 amide bonds. The molecule has 2 aromatic carbocycles. The average Bonchev–Trinajstić information content (AvgIpc) is 2.30. The molecule has 0 aromatic heterocycles. The largest absolute Gasteiger partial charge is 0.294 e. The smallest absolute Gasteiger partial charge is 0.173 e. The molecule has 1 nitrogen and oxygen atoms in total. The van der Waals surface area contributed by atoms with Gasteiger partial charge >= 0.3 is 0 Å². The average molecular weight is 232 g/mol. The van der Waals surface area contributed by atoms with E-state index < -0.39 is 23.0 Å². The predicted molar refractivity (Wildman–Crippen MR) is 60.8 cm³/mol. The quantitative estimate of drug-likeness (QED) is 0.741. The molecule has 2 aromatic rings. The molecule has 0 heterocycles. The summed E-state index contributed by atoms with van der Waals surface area (Å²) in [5, 5.41) is 0. The third-order valence-electron chi connectivity index (χ3n) is 2.45. The van der Waals surface area contributed by atoms with Gasteiger partial charge < -0.3 is 0 Å². The van der Waals surface area contributed by atoms with Gasteiger partial charge in [-0.2, -0.15) is 0 Å². The predicted octanol–water partition coefficient (Wildman–Crippen LogP) is 3.39. The lowest BCUT2D eigenvalue weighted by atomic mass is 10.0. The SMILES string of the molecule is O=C(Cc1ccccc1)c1c(F)cccc1F. The van der Waals surface area contributed by atoms with Crippen LogP contribution in [0.3, 0.4) is 0 Å². The lowest BCUT2D eigenvalue weighted by Gasteiger charge is -2.04. The number of rotatable bonds is 3. The summed E-state index contributed by atoms with van der Waals surface area (Å²) < 4.78 is 26.7. The number of halogens is 2. The van der Waals surface area contributed by atoms with E-state index in [4.69, 9.17) is 0 Å². The van der Waals surface area contributed by atoms with Gasteiger partial charge in [0.25, 0.3) is 0 Å². The Morgan fingerprint density at radius 2 is 1.47 bits per heavy atom. The highest BCUT2D eigenvalue weighted by Crippen LogP contribution is 2.15. The minimum atomic E-state index is -0.814. The topological polar surface area (TPSA) is 17.1 Å². The van der Waals surface area contributed by atoms with Crippen molar-refractivity contribution in [3.8, 4) is 0 Å². The number of hydrogen-bond acceptors (Lipinski definition) is 1. The van der Waals surface area contributed by atoms with Crippen molar-refractivity contribution in [3.63, 3.8) is 0 Å². The van der Waals surface area contributed by atoms with Gasteiger partial charge in [0, 0.05) is 6.42 Å². The van der Waals surface area contributed by atoms with Crippen molar-refractivity contribution in [1.82, 2.24) is 0 Å². The molecule has 2 rings (SSSR count). The second-order valence-corrected chi connectivity index (χ2v) is 3.68. The number of carbonyl (C=O) groups excluding carboxylic acids is 1. The molecule has 86 valence electrons. The summed E-state index contributed by atoms with van der Waals surface area (Å²) in [5.74, 6) is -2.18. The molecule has 0 unspecified atom stereocenters. The Labute approximate surface area is 97.7 Å². The molecule has 0 saturated carbocycles. The Kier molecular flexibility index (Phi) is 3.28. The standard InChI is InChI=1S/C14H10F2O/c15-11-7-4-8-12(16)14(11)13(17)9-10-5-2-1-3-6-10/h1-8H,9H2. The van der Waals surface area contributed by atoms with Crippen molar-refractivity contribution in [2.45, 2.75) is 6.42 Å². The van der Waals surface area contributed by atoms with E-state index in [2.05, 4.69) is 0 Å². The zero-order valence-corrected chi connectivity index (χ0v) is 8.99. The molecule has 0 aliphatic carbocycles. The van der Waals surface area contributed by atoms with E-state index in [0.717, 1.165) is 17.7 Å². The summed E-state index contributed by atoms with van der Waals surface area (Å²) in [7, 11) is 0. The minimum Gasteiger partial charge on any atom is -0.294 e. The van der Waals surface area contributed by atoms with Crippen molar-refractivity contribution in [2.24, 2.45) is 0 Å². The van der Waals surface area contributed by atoms with Crippen molar-refractivity contribution in [3.05, 3.63) is 71.3 Å². The number of ketones is 1. The molecule has 0 aliphatic rings. The van der Waals surface area contributed by atoms with Crippen LogP contribution in [0.2, 0.25) is 0 Å². The van der Waals surface area contributed by atoms with Crippen LogP contribution in [-0.4, -0.2) is 5.78 Å². The number of carbonyl (C=O) groups is 1. The molecule has 0 N–H and O–H groups in total. The minimum absolute atomic E-state index is 0.00130. The van der Waals surface area contributed by atoms with Gasteiger partial charge in [0.1, 0.15) is 11.6 Å². The fraction of sp³-hybridized carbons (Fsp3) is 0.0714. The second-order valence-electron chi connectivity index (χ2n) is 3.68. The Morgan fingerprint density at radius 3 is 2.06 bits per heavy atom. The van der Waals surface area contributed by atoms with E-state index in [1.807, 2.05) is 6.07 Å². The molecule has 0 fully saturated rings. The first-order chi connectivity index (χ1) is 8.18. The number of benzene rings is 2. The highest BCUT2D eigenvalue weighted by Gasteiger charge is 2.16. The van der Waals surface area contributed by atoms with Crippen LogP contribution < -0.4 is 0 Å². The van der Waals surface area contributed by atoms with Crippen LogP contribution >= 0.6 is 0 Å². The number of hydrogen-bond donors (Lipinski definition) is 0. The van der Waals surface area contributed by atoms with Crippen molar-refractivity contribution < 1.29 is 13.6 Å².